The van der Waals surface area contributed by atoms with Gasteiger partial charge in [-0.15, -0.1) is 12.6 Å². The second kappa shape index (κ2) is 3.66. The maximum atomic E-state index is 5.09. The lowest BCUT2D eigenvalue weighted by Crippen LogP contribution is -2.06. The Balaban J connectivity index is 2.25. The highest BCUT2D eigenvalue weighted by atomic mass is 32.1. The highest BCUT2D eigenvalue weighted by Gasteiger charge is 2.13. The second-order valence-corrected chi connectivity index (χ2v) is 3.13. The van der Waals surface area contributed by atoms with Crippen molar-refractivity contribution in [3.63, 3.8) is 0 Å². The molecule has 0 bridgehead atoms. The largest absolute Gasteiger partial charge is 0.481 e. The Bertz CT molecular complexity index is 345. The Morgan fingerprint density at radius 3 is 2.62 bits per heavy atom. The molecule has 1 aromatic rings. The molecule has 1 aliphatic rings. The molecular weight excluding hydrogens is 182 g/mol. The van der Waals surface area contributed by atoms with E-state index in [2.05, 4.69) is 17.6 Å². The standard InChI is InChI=1S/C10H9NOS/c13-10-9(6-7-12-10)11-8-4-2-1-3-5-8/h1-7,10,13H. The summed E-state index contributed by atoms with van der Waals surface area (Å²) in [5.41, 5.74) is 1.54. The van der Waals surface area contributed by atoms with Crippen LogP contribution >= 0.6 is 12.6 Å². The number of ether oxygens (including phenoxy) is 1. The van der Waals surface area contributed by atoms with Crippen molar-refractivity contribution in [3.05, 3.63) is 42.7 Å². The van der Waals surface area contributed by atoms with Gasteiger partial charge in [-0.2, -0.15) is 0 Å². The van der Waals surface area contributed by atoms with Crippen molar-refractivity contribution in [2.75, 3.05) is 0 Å². The van der Waals surface area contributed by atoms with Crippen LogP contribution in [0.15, 0.2) is 47.7 Å². The first kappa shape index (κ1) is 8.38. The van der Waals surface area contributed by atoms with E-state index in [4.69, 9.17) is 4.74 Å². The third kappa shape index (κ3) is 1.92. The lowest BCUT2D eigenvalue weighted by molar-refractivity contribution is 0.290. The molecule has 2 nitrogen and oxygen atoms in total. The van der Waals surface area contributed by atoms with Gasteiger partial charge in [0.05, 0.1) is 17.7 Å². The lowest BCUT2D eigenvalue weighted by atomic mass is 10.3. The van der Waals surface area contributed by atoms with Gasteiger partial charge in [0.1, 0.15) is 0 Å². The number of aliphatic imine (C=N–C) groups is 1. The average Bonchev–Trinajstić information content (AvgIpc) is 2.54. The molecule has 0 aromatic heterocycles. The Morgan fingerprint density at radius 1 is 1.23 bits per heavy atom. The molecule has 2 rings (SSSR count). The van der Waals surface area contributed by atoms with Gasteiger partial charge in [-0.1, -0.05) is 18.2 Å². The van der Waals surface area contributed by atoms with Crippen molar-refractivity contribution in [1.82, 2.24) is 0 Å². The van der Waals surface area contributed by atoms with Crippen LogP contribution in [0.2, 0.25) is 0 Å². The van der Waals surface area contributed by atoms with Crippen LogP contribution in [0.5, 0.6) is 0 Å². The van der Waals surface area contributed by atoms with E-state index >= 15 is 0 Å². The van der Waals surface area contributed by atoms with E-state index < -0.39 is 0 Å². The van der Waals surface area contributed by atoms with Gasteiger partial charge in [0.15, 0.2) is 5.44 Å². The van der Waals surface area contributed by atoms with Crippen molar-refractivity contribution in [2.45, 2.75) is 5.44 Å². The van der Waals surface area contributed by atoms with Gasteiger partial charge in [0, 0.05) is 0 Å². The maximum Gasteiger partial charge on any atom is 0.183 e. The summed E-state index contributed by atoms with van der Waals surface area (Å²) >= 11 is 4.20. The van der Waals surface area contributed by atoms with Gasteiger partial charge in [-0.05, 0) is 18.2 Å². The van der Waals surface area contributed by atoms with E-state index in [1.165, 1.54) is 0 Å². The molecule has 1 unspecified atom stereocenters. The van der Waals surface area contributed by atoms with Crippen molar-refractivity contribution in [1.29, 1.82) is 0 Å². The maximum absolute atomic E-state index is 5.09. The minimum Gasteiger partial charge on any atom is -0.481 e. The molecule has 0 radical (unpaired) electrons. The van der Waals surface area contributed by atoms with Gasteiger partial charge in [-0.25, -0.2) is 4.99 Å². The van der Waals surface area contributed by atoms with Gasteiger partial charge < -0.3 is 4.74 Å². The summed E-state index contributed by atoms with van der Waals surface area (Å²) in [5.74, 6) is 0. The Labute approximate surface area is 82.4 Å². The van der Waals surface area contributed by atoms with Crippen LogP contribution in [0, 0.1) is 0 Å². The molecule has 1 heterocycles. The molecule has 0 N–H and O–H groups in total. The molecule has 0 amide bonds. The van der Waals surface area contributed by atoms with Crippen LogP contribution in [0.3, 0.4) is 0 Å². The number of hydrogen-bond donors (Lipinski definition) is 1. The number of rotatable bonds is 1. The molecule has 0 fully saturated rings. The molecule has 66 valence electrons. The minimum atomic E-state index is -0.222. The lowest BCUT2D eigenvalue weighted by Gasteiger charge is -2.02. The van der Waals surface area contributed by atoms with Crippen LogP contribution in [-0.4, -0.2) is 11.1 Å². The van der Waals surface area contributed by atoms with E-state index in [9.17, 15) is 0 Å². The molecular formula is C10H9NOS. The fourth-order valence-electron chi connectivity index (χ4n) is 1.08. The number of benzene rings is 1. The van der Waals surface area contributed by atoms with Gasteiger partial charge in [0.25, 0.3) is 0 Å². The summed E-state index contributed by atoms with van der Waals surface area (Å²) in [6.07, 6.45) is 3.43. The van der Waals surface area contributed by atoms with Crippen LogP contribution < -0.4 is 0 Å². The zero-order valence-electron chi connectivity index (χ0n) is 6.92. The first-order chi connectivity index (χ1) is 6.36. The summed E-state index contributed by atoms with van der Waals surface area (Å²) in [7, 11) is 0. The molecule has 1 aromatic carbocycles. The number of hydrogen-bond acceptors (Lipinski definition) is 3. The van der Waals surface area contributed by atoms with Crippen molar-refractivity contribution in [3.8, 4) is 0 Å². The van der Waals surface area contributed by atoms with E-state index in [1.54, 1.807) is 6.26 Å². The summed E-state index contributed by atoms with van der Waals surface area (Å²) < 4.78 is 5.09. The normalized spacial score (nSPS) is 23.5. The van der Waals surface area contributed by atoms with Crippen molar-refractivity contribution in [2.24, 2.45) is 4.99 Å². The molecule has 0 aliphatic carbocycles. The van der Waals surface area contributed by atoms with E-state index in [0.717, 1.165) is 11.4 Å². The van der Waals surface area contributed by atoms with E-state index in [1.807, 2.05) is 36.4 Å². The second-order valence-electron chi connectivity index (χ2n) is 2.66. The molecule has 13 heavy (non-hydrogen) atoms. The Kier molecular flexibility index (Phi) is 2.36. The van der Waals surface area contributed by atoms with Crippen molar-refractivity contribution >= 4 is 24.0 Å². The number of thiol groups is 1. The Hall–Kier alpha value is -1.22. The molecule has 0 spiro atoms. The summed E-state index contributed by atoms with van der Waals surface area (Å²) in [5, 5.41) is 0. The van der Waals surface area contributed by atoms with Crippen LogP contribution in [0.1, 0.15) is 0 Å². The van der Waals surface area contributed by atoms with Gasteiger partial charge in [0.2, 0.25) is 0 Å². The fraction of sp³-hybridized carbons (Fsp3) is 0.100. The monoisotopic (exact) mass is 191 g/mol. The van der Waals surface area contributed by atoms with Crippen LogP contribution in [0.4, 0.5) is 5.69 Å². The summed E-state index contributed by atoms with van der Waals surface area (Å²) in [6, 6.07) is 9.75. The van der Waals surface area contributed by atoms with Crippen LogP contribution in [-0.2, 0) is 4.74 Å². The van der Waals surface area contributed by atoms with E-state index in [-0.39, 0.29) is 5.44 Å². The molecule has 0 saturated heterocycles. The number of para-hydroxylation sites is 1. The first-order valence-electron chi connectivity index (χ1n) is 4.00. The first-order valence-corrected chi connectivity index (χ1v) is 4.51. The molecule has 3 heteroatoms. The van der Waals surface area contributed by atoms with E-state index in [0.29, 0.717) is 0 Å². The topological polar surface area (TPSA) is 21.6 Å². The average molecular weight is 191 g/mol. The highest BCUT2D eigenvalue weighted by molar-refractivity contribution is 7.81. The molecule has 0 saturated carbocycles. The number of nitrogens with zero attached hydrogens (tertiary/aromatic N) is 1. The smallest absolute Gasteiger partial charge is 0.183 e. The zero-order chi connectivity index (χ0) is 9.10. The van der Waals surface area contributed by atoms with Crippen LogP contribution in [0.25, 0.3) is 0 Å². The summed E-state index contributed by atoms with van der Waals surface area (Å²) in [6.45, 7) is 0. The third-order valence-electron chi connectivity index (χ3n) is 1.71. The van der Waals surface area contributed by atoms with Crippen molar-refractivity contribution < 1.29 is 4.74 Å². The fourth-order valence-corrected chi connectivity index (χ4v) is 1.29. The summed E-state index contributed by atoms with van der Waals surface area (Å²) in [4.78, 5) is 4.37. The quantitative estimate of drug-likeness (QED) is 0.677. The Morgan fingerprint density at radius 2 is 2.00 bits per heavy atom. The zero-order valence-corrected chi connectivity index (χ0v) is 7.82. The van der Waals surface area contributed by atoms with Gasteiger partial charge in [-0.3, -0.25) is 0 Å². The van der Waals surface area contributed by atoms with Gasteiger partial charge >= 0.3 is 0 Å². The molecule has 1 aliphatic heterocycles. The predicted molar refractivity (Wildman–Crippen MR) is 56.5 cm³/mol. The third-order valence-corrected chi connectivity index (χ3v) is 2.10. The predicted octanol–water partition coefficient (Wildman–Crippen LogP) is 2.56. The molecule has 1 atom stereocenters. The minimum absolute atomic E-state index is 0.222. The SMILES string of the molecule is SC1OC=CC1=Nc1ccccc1. The highest BCUT2D eigenvalue weighted by Crippen LogP contribution is 2.16.